The van der Waals surface area contributed by atoms with Crippen LogP contribution in [0.1, 0.15) is 31.7 Å². The summed E-state index contributed by atoms with van der Waals surface area (Å²) in [6.45, 7) is 5.90. The number of piperazine rings is 1. The van der Waals surface area contributed by atoms with Gasteiger partial charge in [0.25, 0.3) is 0 Å². The number of benzene rings is 1. The van der Waals surface area contributed by atoms with Crippen molar-refractivity contribution in [2.24, 2.45) is 5.92 Å². The van der Waals surface area contributed by atoms with E-state index in [2.05, 4.69) is 41.0 Å². The summed E-state index contributed by atoms with van der Waals surface area (Å²) in [7, 11) is 0. The van der Waals surface area contributed by atoms with Crippen molar-refractivity contribution >= 4 is 11.6 Å². The second kappa shape index (κ2) is 5.86. The Kier molecular flexibility index (Phi) is 3.95. The van der Waals surface area contributed by atoms with Gasteiger partial charge in [0.1, 0.15) is 0 Å². The van der Waals surface area contributed by atoms with Crippen LogP contribution in [0.4, 0.5) is 5.69 Å². The van der Waals surface area contributed by atoms with E-state index in [9.17, 15) is 4.79 Å². The number of carbonyl (C=O) groups is 1. The summed E-state index contributed by atoms with van der Waals surface area (Å²) in [6, 6.07) is 8.64. The van der Waals surface area contributed by atoms with Gasteiger partial charge in [-0.05, 0) is 30.9 Å². The zero-order valence-corrected chi connectivity index (χ0v) is 12.3. The lowest BCUT2D eigenvalue weighted by atomic mass is 9.84. The lowest BCUT2D eigenvalue weighted by Crippen LogP contribution is -2.51. The summed E-state index contributed by atoms with van der Waals surface area (Å²) < 4.78 is 0. The maximum Gasteiger partial charge on any atom is 0.225 e. The summed E-state index contributed by atoms with van der Waals surface area (Å²) >= 11 is 0. The molecular weight excluding hydrogens is 248 g/mol. The Morgan fingerprint density at radius 1 is 1.15 bits per heavy atom. The Morgan fingerprint density at radius 2 is 1.85 bits per heavy atom. The molecule has 1 saturated carbocycles. The van der Waals surface area contributed by atoms with Crippen LogP contribution in [0.2, 0.25) is 0 Å². The van der Waals surface area contributed by atoms with Gasteiger partial charge in [-0.1, -0.05) is 31.5 Å². The molecule has 108 valence electrons. The minimum atomic E-state index is 0.337. The van der Waals surface area contributed by atoms with Crippen LogP contribution in [-0.2, 0) is 11.2 Å². The second-order valence-electron chi connectivity index (χ2n) is 5.92. The summed E-state index contributed by atoms with van der Waals surface area (Å²) in [6.07, 6.45) is 4.52. The molecule has 0 radical (unpaired) electrons. The van der Waals surface area contributed by atoms with Crippen LogP contribution in [0.5, 0.6) is 0 Å². The zero-order valence-electron chi connectivity index (χ0n) is 12.3. The third kappa shape index (κ3) is 2.54. The Balaban J connectivity index is 1.62. The zero-order chi connectivity index (χ0) is 13.9. The summed E-state index contributed by atoms with van der Waals surface area (Å²) in [5.74, 6) is 0.740. The van der Waals surface area contributed by atoms with E-state index >= 15 is 0 Å². The number of aryl methyl sites for hydroxylation is 1. The van der Waals surface area contributed by atoms with E-state index in [1.54, 1.807) is 0 Å². The van der Waals surface area contributed by atoms with Gasteiger partial charge in [0.15, 0.2) is 0 Å². The number of para-hydroxylation sites is 1. The molecule has 3 nitrogen and oxygen atoms in total. The lowest BCUT2D eigenvalue weighted by molar-refractivity contribution is -0.138. The maximum absolute atomic E-state index is 12.3. The number of nitrogens with zero attached hydrogens (tertiary/aromatic N) is 2. The fourth-order valence-electron chi connectivity index (χ4n) is 3.20. The summed E-state index contributed by atoms with van der Waals surface area (Å²) in [4.78, 5) is 16.8. The first-order valence-corrected chi connectivity index (χ1v) is 7.91. The molecule has 1 saturated heterocycles. The van der Waals surface area contributed by atoms with Gasteiger partial charge in [0.05, 0.1) is 0 Å². The van der Waals surface area contributed by atoms with E-state index in [-0.39, 0.29) is 0 Å². The normalized spacial score (nSPS) is 19.9. The molecule has 1 aromatic carbocycles. The monoisotopic (exact) mass is 272 g/mol. The highest BCUT2D eigenvalue weighted by molar-refractivity contribution is 5.80. The van der Waals surface area contributed by atoms with Gasteiger partial charge in [-0.25, -0.2) is 0 Å². The number of anilines is 1. The third-order valence-electron chi connectivity index (χ3n) is 4.76. The average molecular weight is 272 g/mol. The molecular formula is C17H24N2O. The number of rotatable bonds is 3. The van der Waals surface area contributed by atoms with Gasteiger partial charge in [0, 0.05) is 37.8 Å². The Morgan fingerprint density at radius 3 is 2.45 bits per heavy atom. The second-order valence-corrected chi connectivity index (χ2v) is 5.92. The van der Waals surface area contributed by atoms with E-state index in [0.717, 1.165) is 45.4 Å². The molecule has 3 rings (SSSR count). The molecule has 0 atom stereocenters. The molecule has 1 heterocycles. The maximum atomic E-state index is 12.3. The SMILES string of the molecule is CCc1ccccc1N1CCN(C(=O)C2CCC2)CC1. The van der Waals surface area contributed by atoms with E-state index in [0.29, 0.717) is 11.8 Å². The molecule has 3 heteroatoms. The molecule has 20 heavy (non-hydrogen) atoms. The fraction of sp³-hybridized carbons (Fsp3) is 0.588. The van der Waals surface area contributed by atoms with Crippen LogP contribution in [0, 0.1) is 5.92 Å². The van der Waals surface area contributed by atoms with Crippen LogP contribution >= 0.6 is 0 Å². The molecule has 0 unspecified atom stereocenters. The molecule has 0 aromatic heterocycles. The largest absolute Gasteiger partial charge is 0.368 e. The van der Waals surface area contributed by atoms with Crippen LogP contribution in [-0.4, -0.2) is 37.0 Å². The van der Waals surface area contributed by atoms with Gasteiger partial charge in [0.2, 0.25) is 5.91 Å². The standard InChI is InChI=1S/C17H24N2O/c1-2-14-6-3-4-9-16(14)18-10-12-19(13-11-18)17(20)15-7-5-8-15/h3-4,6,9,15H,2,5,7-8,10-13H2,1H3. The first kappa shape index (κ1) is 13.5. The Labute approximate surface area is 121 Å². The third-order valence-corrected chi connectivity index (χ3v) is 4.76. The van der Waals surface area contributed by atoms with Gasteiger partial charge in [-0.3, -0.25) is 4.79 Å². The van der Waals surface area contributed by atoms with Gasteiger partial charge < -0.3 is 9.80 Å². The number of hydrogen-bond donors (Lipinski definition) is 0. The van der Waals surface area contributed by atoms with Gasteiger partial charge in [-0.15, -0.1) is 0 Å². The van der Waals surface area contributed by atoms with E-state index in [1.807, 2.05) is 0 Å². The molecule has 1 aliphatic carbocycles. The predicted octanol–water partition coefficient (Wildman–Crippen LogP) is 2.70. The van der Waals surface area contributed by atoms with Crippen molar-refractivity contribution in [3.05, 3.63) is 29.8 Å². The van der Waals surface area contributed by atoms with Crippen LogP contribution in [0.15, 0.2) is 24.3 Å². The molecule has 0 bridgehead atoms. The topological polar surface area (TPSA) is 23.6 Å². The van der Waals surface area contributed by atoms with Crippen molar-refractivity contribution in [3.63, 3.8) is 0 Å². The van der Waals surface area contributed by atoms with Gasteiger partial charge >= 0.3 is 0 Å². The molecule has 1 aromatic rings. The molecule has 2 aliphatic rings. The summed E-state index contributed by atoms with van der Waals surface area (Å²) in [5.41, 5.74) is 2.76. The first-order chi connectivity index (χ1) is 9.79. The number of carbonyl (C=O) groups excluding carboxylic acids is 1. The van der Waals surface area contributed by atoms with Crippen molar-refractivity contribution in [1.82, 2.24) is 4.90 Å². The van der Waals surface area contributed by atoms with Crippen LogP contribution in [0.25, 0.3) is 0 Å². The van der Waals surface area contributed by atoms with E-state index in [1.165, 1.54) is 17.7 Å². The fourth-order valence-corrected chi connectivity index (χ4v) is 3.20. The first-order valence-electron chi connectivity index (χ1n) is 7.91. The highest BCUT2D eigenvalue weighted by Crippen LogP contribution is 2.29. The smallest absolute Gasteiger partial charge is 0.225 e. The summed E-state index contributed by atoms with van der Waals surface area (Å²) in [5, 5.41) is 0. The predicted molar refractivity (Wildman–Crippen MR) is 82.0 cm³/mol. The lowest BCUT2D eigenvalue weighted by Gasteiger charge is -2.39. The molecule has 2 fully saturated rings. The van der Waals surface area contributed by atoms with Gasteiger partial charge in [-0.2, -0.15) is 0 Å². The molecule has 0 spiro atoms. The minimum absolute atomic E-state index is 0.337. The number of amides is 1. The Hall–Kier alpha value is -1.51. The highest BCUT2D eigenvalue weighted by Gasteiger charge is 2.31. The molecule has 1 amide bonds. The highest BCUT2D eigenvalue weighted by atomic mass is 16.2. The van der Waals surface area contributed by atoms with Crippen LogP contribution in [0.3, 0.4) is 0 Å². The van der Waals surface area contributed by atoms with E-state index in [4.69, 9.17) is 0 Å². The minimum Gasteiger partial charge on any atom is -0.368 e. The quantitative estimate of drug-likeness (QED) is 0.844. The van der Waals surface area contributed by atoms with Crippen molar-refractivity contribution in [2.75, 3.05) is 31.1 Å². The van der Waals surface area contributed by atoms with E-state index < -0.39 is 0 Å². The van der Waals surface area contributed by atoms with Crippen LogP contribution < -0.4 is 4.90 Å². The average Bonchev–Trinajstić information content (AvgIpc) is 2.45. The molecule has 0 N–H and O–H groups in total. The molecule has 1 aliphatic heterocycles. The Bertz CT molecular complexity index is 474. The van der Waals surface area contributed by atoms with Crippen molar-refractivity contribution in [2.45, 2.75) is 32.6 Å². The number of hydrogen-bond acceptors (Lipinski definition) is 2. The van der Waals surface area contributed by atoms with Crippen molar-refractivity contribution in [1.29, 1.82) is 0 Å². The van der Waals surface area contributed by atoms with Crippen molar-refractivity contribution in [3.8, 4) is 0 Å². The van der Waals surface area contributed by atoms with Crippen molar-refractivity contribution < 1.29 is 4.79 Å².